The minimum absolute atomic E-state index is 0.0318. The number of carbonyl (C=O) groups excluding carboxylic acids is 1. The molecule has 0 fully saturated rings. The molecule has 5 heteroatoms. The third-order valence-corrected chi connectivity index (χ3v) is 3.88. The molecule has 1 N–H and O–H groups in total. The fourth-order valence-electron chi connectivity index (χ4n) is 1.91. The van der Waals surface area contributed by atoms with E-state index in [1.54, 1.807) is 42.5 Å². The van der Waals surface area contributed by atoms with Gasteiger partial charge in [0.1, 0.15) is 0 Å². The first-order valence-corrected chi connectivity index (χ1v) is 6.70. The second kappa shape index (κ2) is 4.86. The number of ketones is 1. The minimum atomic E-state index is -1.05. The van der Waals surface area contributed by atoms with Crippen LogP contribution in [-0.4, -0.2) is 21.8 Å². The van der Waals surface area contributed by atoms with Gasteiger partial charge >= 0.3 is 5.97 Å². The normalized spacial score (nSPS) is 10.6. The molecule has 0 atom stereocenters. The number of thiazole rings is 1. The van der Waals surface area contributed by atoms with E-state index >= 15 is 0 Å². The topological polar surface area (TPSA) is 67.3 Å². The van der Waals surface area contributed by atoms with Gasteiger partial charge in [0.25, 0.3) is 0 Å². The number of hydrogen-bond donors (Lipinski definition) is 1. The Morgan fingerprint density at radius 3 is 2.45 bits per heavy atom. The predicted molar refractivity (Wildman–Crippen MR) is 76.5 cm³/mol. The van der Waals surface area contributed by atoms with E-state index in [4.69, 9.17) is 5.11 Å². The first-order chi connectivity index (χ1) is 9.65. The molecular weight excluding hydrogens is 274 g/mol. The summed E-state index contributed by atoms with van der Waals surface area (Å²) in [6.45, 7) is 0. The molecule has 0 spiro atoms. The van der Waals surface area contributed by atoms with E-state index < -0.39 is 5.97 Å². The predicted octanol–water partition coefficient (Wildman–Crippen LogP) is 3.23. The van der Waals surface area contributed by atoms with Crippen molar-refractivity contribution >= 4 is 33.3 Å². The van der Waals surface area contributed by atoms with Crippen LogP contribution < -0.4 is 0 Å². The highest BCUT2D eigenvalue weighted by atomic mass is 32.1. The van der Waals surface area contributed by atoms with Gasteiger partial charge in [0.2, 0.25) is 5.01 Å². The third kappa shape index (κ3) is 2.19. The number of fused-ring (bicyclic) bond motifs is 1. The van der Waals surface area contributed by atoms with Crippen LogP contribution in [0.25, 0.3) is 10.2 Å². The molecule has 0 unspecified atom stereocenters. The molecule has 0 saturated heterocycles. The van der Waals surface area contributed by atoms with Gasteiger partial charge in [-0.2, -0.15) is 0 Å². The summed E-state index contributed by atoms with van der Waals surface area (Å²) in [4.78, 5) is 27.2. The number of carbonyl (C=O) groups is 2. The lowest BCUT2D eigenvalue weighted by Crippen LogP contribution is -2.00. The Morgan fingerprint density at radius 1 is 1.00 bits per heavy atom. The van der Waals surface area contributed by atoms with Crippen LogP contribution in [0.2, 0.25) is 0 Å². The second-order valence-corrected chi connectivity index (χ2v) is 5.23. The van der Waals surface area contributed by atoms with Gasteiger partial charge in [0, 0.05) is 11.1 Å². The lowest BCUT2D eigenvalue weighted by atomic mass is 10.0. The smallest absolute Gasteiger partial charge is 0.365 e. The van der Waals surface area contributed by atoms with Crippen LogP contribution in [0.3, 0.4) is 0 Å². The fourth-order valence-corrected chi connectivity index (χ4v) is 2.76. The number of carboxylic acid groups (broad SMARTS) is 1. The van der Waals surface area contributed by atoms with Gasteiger partial charge in [-0.25, -0.2) is 9.78 Å². The quantitative estimate of drug-likeness (QED) is 0.749. The number of hydrogen-bond acceptors (Lipinski definition) is 4. The summed E-state index contributed by atoms with van der Waals surface area (Å²) in [6.07, 6.45) is 0. The standard InChI is InChI=1S/C15H9NO3S/c17-13(9-4-2-1-3-5-9)10-6-7-11-12(8-10)20-14(16-11)15(18)19/h1-8H,(H,18,19). The lowest BCUT2D eigenvalue weighted by Gasteiger charge is -2.00. The van der Waals surface area contributed by atoms with Crippen LogP contribution in [0, 0.1) is 0 Å². The average molecular weight is 283 g/mol. The van der Waals surface area contributed by atoms with Crippen LogP contribution in [0.5, 0.6) is 0 Å². The molecule has 0 amide bonds. The Bertz CT molecular complexity index is 808. The zero-order valence-electron chi connectivity index (χ0n) is 10.2. The summed E-state index contributed by atoms with van der Waals surface area (Å²) in [5.74, 6) is -1.14. The van der Waals surface area contributed by atoms with Crippen LogP contribution in [0.1, 0.15) is 25.7 Å². The molecule has 2 aromatic carbocycles. The van der Waals surface area contributed by atoms with Gasteiger partial charge in [-0.05, 0) is 18.2 Å². The molecule has 4 nitrogen and oxygen atoms in total. The number of benzene rings is 2. The summed E-state index contributed by atoms with van der Waals surface area (Å²) in [5.41, 5.74) is 1.73. The molecule has 20 heavy (non-hydrogen) atoms. The van der Waals surface area contributed by atoms with Crippen molar-refractivity contribution in [1.82, 2.24) is 4.98 Å². The maximum Gasteiger partial charge on any atom is 0.365 e. The summed E-state index contributed by atoms with van der Waals surface area (Å²) < 4.78 is 0.698. The SMILES string of the molecule is O=C(c1ccccc1)c1ccc2nc(C(=O)O)sc2c1. The van der Waals surface area contributed by atoms with Gasteiger partial charge in [0.15, 0.2) is 5.78 Å². The first kappa shape index (κ1) is 12.5. The molecule has 3 aromatic rings. The molecule has 1 heterocycles. The van der Waals surface area contributed by atoms with E-state index in [9.17, 15) is 9.59 Å². The van der Waals surface area contributed by atoms with Crippen molar-refractivity contribution in [1.29, 1.82) is 0 Å². The zero-order valence-corrected chi connectivity index (χ0v) is 11.1. The van der Waals surface area contributed by atoms with Crippen molar-refractivity contribution in [3.63, 3.8) is 0 Å². The highest BCUT2D eigenvalue weighted by molar-refractivity contribution is 7.20. The third-order valence-electron chi connectivity index (χ3n) is 2.87. The molecule has 0 aliphatic heterocycles. The summed E-state index contributed by atoms with van der Waals surface area (Å²) in [5, 5.41) is 8.96. The molecule has 0 bridgehead atoms. The second-order valence-electron chi connectivity index (χ2n) is 4.20. The van der Waals surface area contributed by atoms with Gasteiger partial charge in [-0.15, -0.1) is 11.3 Å². The number of rotatable bonds is 3. The van der Waals surface area contributed by atoms with Crippen LogP contribution >= 0.6 is 11.3 Å². The van der Waals surface area contributed by atoms with E-state index in [0.29, 0.717) is 21.3 Å². The number of aromatic carboxylic acids is 1. The van der Waals surface area contributed by atoms with E-state index in [0.717, 1.165) is 11.3 Å². The van der Waals surface area contributed by atoms with E-state index in [-0.39, 0.29) is 10.8 Å². The Kier molecular flexibility index (Phi) is 3.04. The largest absolute Gasteiger partial charge is 0.476 e. The summed E-state index contributed by atoms with van der Waals surface area (Å²) >= 11 is 1.07. The van der Waals surface area contributed by atoms with Crippen molar-refractivity contribution in [3.8, 4) is 0 Å². The minimum Gasteiger partial charge on any atom is -0.476 e. The molecule has 0 saturated carbocycles. The molecule has 1 aromatic heterocycles. The number of carboxylic acids is 1. The van der Waals surface area contributed by atoms with Gasteiger partial charge in [0.05, 0.1) is 10.2 Å². The van der Waals surface area contributed by atoms with Crippen molar-refractivity contribution in [2.75, 3.05) is 0 Å². The van der Waals surface area contributed by atoms with Crippen LogP contribution in [-0.2, 0) is 0 Å². The number of aromatic nitrogens is 1. The van der Waals surface area contributed by atoms with E-state index in [1.165, 1.54) is 0 Å². The van der Waals surface area contributed by atoms with E-state index in [2.05, 4.69) is 4.98 Å². The Morgan fingerprint density at radius 2 is 1.75 bits per heavy atom. The fraction of sp³-hybridized carbons (Fsp3) is 0. The highest BCUT2D eigenvalue weighted by Crippen LogP contribution is 2.24. The summed E-state index contributed by atoms with van der Waals surface area (Å²) in [7, 11) is 0. The first-order valence-electron chi connectivity index (χ1n) is 5.89. The number of nitrogens with zero attached hydrogens (tertiary/aromatic N) is 1. The monoisotopic (exact) mass is 283 g/mol. The molecular formula is C15H9NO3S. The Hall–Kier alpha value is -2.53. The molecule has 0 aliphatic rings. The maximum atomic E-state index is 12.3. The van der Waals surface area contributed by atoms with Gasteiger partial charge in [-0.1, -0.05) is 30.3 Å². The maximum absolute atomic E-state index is 12.3. The Balaban J connectivity index is 2.05. The van der Waals surface area contributed by atoms with Crippen molar-refractivity contribution in [2.24, 2.45) is 0 Å². The molecule has 0 radical (unpaired) electrons. The van der Waals surface area contributed by atoms with Crippen LogP contribution in [0.4, 0.5) is 0 Å². The highest BCUT2D eigenvalue weighted by Gasteiger charge is 2.13. The van der Waals surface area contributed by atoms with E-state index in [1.807, 2.05) is 6.07 Å². The molecule has 3 rings (SSSR count). The van der Waals surface area contributed by atoms with Crippen LogP contribution in [0.15, 0.2) is 48.5 Å². The average Bonchev–Trinajstić information content (AvgIpc) is 2.90. The zero-order chi connectivity index (χ0) is 14.1. The van der Waals surface area contributed by atoms with Crippen molar-refractivity contribution < 1.29 is 14.7 Å². The summed E-state index contributed by atoms with van der Waals surface area (Å²) in [6, 6.07) is 14.0. The van der Waals surface area contributed by atoms with Crippen molar-refractivity contribution in [2.45, 2.75) is 0 Å². The molecule has 98 valence electrons. The van der Waals surface area contributed by atoms with Gasteiger partial charge in [-0.3, -0.25) is 4.79 Å². The molecule has 0 aliphatic carbocycles. The Labute approximate surface area is 118 Å². The van der Waals surface area contributed by atoms with Crippen molar-refractivity contribution in [3.05, 3.63) is 64.7 Å². The van der Waals surface area contributed by atoms with Gasteiger partial charge < -0.3 is 5.11 Å². The lowest BCUT2D eigenvalue weighted by molar-refractivity contribution is 0.0696.